The molecule has 0 radical (unpaired) electrons. The van der Waals surface area contributed by atoms with Crippen LogP contribution in [-0.4, -0.2) is 49.1 Å². The van der Waals surface area contributed by atoms with Gasteiger partial charge in [-0.15, -0.1) is 0 Å². The molecular formula is C14H21NO5. The van der Waals surface area contributed by atoms with Gasteiger partial charge in [-0.25, -0.2) is 0 Å². The van der Waals surface area contributed by atoms with Crippen LogP contribution in [0.15, 0.2) is 24.3 Å². The molecule has 6 heteroatoms. The summed E-state index contributed by atoms with van der Waals surface area (Å²) in [4.78, 5) is 10.7. The molecule has 0 saturated heterocycles. The Bertz CT molecular complexity index is 437. The number of hydroxylamine groups is 3. The van der Waals surface area contributed by atoms with Crippen LogP contribution in [0.1, 0.15) is 12.5 Å². The van der Waals surface area contributed by atoms with Crippen molar-refractivity contribution in [3.8, 4) is 5.75 Å². The van der Waals surface area contributed by atoms with E-state index < -0.39 is 10.6 Å². The van der Waals surface area contributed by atoms with Gasteiger partial charge in [-0.3, -0.25) is 4.79 Å². The number of rotatable bonds is 8. The van der Waals surface area contributed by atoms with Gasteiger partial charge in [-0.1, -0.05) is 12.1 Å². The van der Waals surface area contributed by atoms with Gasteiger partial charge in [0, 0.05) is 12.5 Å². The quantitative estimate of drug-likeness (QED) is 0.438. The maximum atomic E-state index is 12.6. The van der Waals surface area contributed by atoms with Crippen molar-refractivity contribution in [1.82, 2.24) is 0 Å². The lowest BCUT2D eigenvalue weighted by Gasteiger charge is -2.42. The van der Waals surface area contributed by atoms with E-state index in [9.17, 15) is 10.0 Å². The number of ether oxygens (including phenoxy) is 2. The average Bonchev–Trinajstić information content (AvgIpc) is 2.38. The fourth-order valence-electron chi connectivity index (χ4n) is 1.91. The van der Waals surface area contributed by atoms with Crippen LogP contribution >= 0.6 is 0 Å². The van der Waals surface area contributed by atoms with E-state index >= 15 is 0 Å². The van der Waals surface area contributed by atoms with Crippen LogP contribution in [0.2, 0.25) is 0 Å². The average molecular weight is 283 g/mol. The van der Waals surface area contributed by atoms with Gasteiger partial charge in [0.05, 0.1) is 13.7 Å². The number of esters is 1. The summed E-state index contributed by atoms with van der Waals surface area (Å²) < 4.78 is 9.28. The minimum absolute atomic E-state index is 0.0444. The lowest BCUT2D eigenvalue weighted by atomic mass is 10.2. The second kappa shape index (κ2) is 7.84. The highest BCUT2D eigenvalue weighted by atomic mass is 16.6. The third kappa shape index (κ3) is 5.56. The Kier molecular flexibility index (Phi) is 6.44. The summed E-state index contributed by atoms with van der Waals surface area (Å²) in [6.45, 7) is 1.48. The first-order valence-corrected chi connectivity index (χ1v) is 6.43. The van der Waals surface area contributed by atoms with E-state index in [4.69, 9.17) is 14.6 Å². The van der Waals surface area contributed by atoms with E-state index in [1.54, 1.807) is 19.2 Å². The smallest absolute Gasteiger partial charge is 0.302 e. The van der Waals surface area contributed by atoms with Gasteiger partial charge in [0.25, 0.3) is 0 Å². The Balaban J connectivity index is 2.70. The second-order valence-electron chi connectivity index (χ2n) is 4.58. The number of quaternary nitrogens is 1. The van der Waals surface area contributed by atoms with Crippen molar-refractivity contribution in [1.29, 1.82) is 0 Å². The van der Waals surface area contributed by atoms with Crippen LogP contribution in [0.25, 0.3) is 0 Å². The summed E-state index contributed by atoms with van der Waals surface area (Å²) in [5, 5.41) is 21.6. The van der Waals surface area contributed by atoms with Gasteiger partial charge in [-0.05, 0) is 12.1 Å². The van der Waals surface area contributed by atoms with Crippen LogP contribution in [0, 0.1) is 5.21 Å². The number of carbonyl (C=O) groups is 1. The van der Waals surface area contributed by atoms with Crippen molar-refractivity contribution >= 4 is 5.97 Å². The molecule has 0 amide bonds. The fourth-order valence-corrected chi connectivity index (χ4v) is 1.91. The second-order valence-corrected chi connectivity index (χ2v) is 4.58. The maximum Gasteiger partial charge on any atom is 0.302 e. The largest absolute Gasteiger partial charge is 0.632 e. The van der Waals surface area contributed by atoms with E-state index in [0.29, 0.717) is 5.75 Å². The van der Waals surface area contributed by atoms with Gasteiger partial charge >= 0.3 is 5.97 Å². The number of benzene rings is 1. The molecule has 0 fully saturated rings. The molecule has 0 bridgehead atoms. The van der Waals surface area contributed by atoms with E-state index in [1.807, 2.05) is 12.1 Å². The first-order valence-electron chi connectivity index (χ1n) is 6.43. The maximum absolute atomic E-state index is 12.6. The highest BCUT2D eigenvalue weighted by molar-refractivity contribution is 5.65. The summed E-state index contributed by atoms with van der Waals surface area (Å²) in [5.74, 6) is 0.264. The zero-order valence-corrected chi connectivity index (χ0v) is 11.9. The first kappa shape index (κ1) is 16.4. The third-order valence-electron chi connectivity index (χ3n) is 2.92. The summed E-state index contributed by atoms with van der Waals surface area (Å²) in [6.07, 6.45) is 0. The number of nitrogens with zero attached hydrogens (tertiary/aromatic N) is 1. The predicted molar refractivity (Wildman–Crippen MR) is 73.8 cm³/mol. The molecule has 1 atom stereocenters. The number of aliphatic hydroxyl groups excluding tert-OH is 1. The van der Waals surface area contributed by atoms with Crippen molar-refractivity contribution in [2.75, 3.05) is 33.4 Å². The van der Waals surface area contributed by atoms with Crippen molar-refractivity contribution in [2.45, 2.75) is 13.5 Å². The first-order chi connectivity index (χ1) is 9.49. The zero-order valence-electron chi connectivity index (χ0n) is 11.9. The van der Waals surface area contributed by atoms with Crippen LogP contribution in [0.5, 0.6) is 5.75 Å². The fraction of sp³-hybridized carbons (Fsp3) is 0.500. The number of methoxy groups -OCH3 is 1. The lowest BCUT2D eigenvalue weighted by molar-refractivity contribution is -0.894. The normalized spacial score (nSPS) is 13.6. The van der Waals surface area contributed by atoms with E-state index in [-0.39, 0.29) is 32.8 Å². The standard InChI is InChI=1S/C14H21NO5/c1-12(17)20-9-7-15(18,6-8-16)11-13-4-3-5-14(10-13)19-2/h3-5,10,16H,6-9,11H2,1-2H3. The minimum atomic E-state index is -0.642. The predicted octanol–water partition coefficient (Wildman–Crippen LogP) is 1.07. The Labute approximate surface area is 118 Å². The lowest BCUT2D eigenvalue weighted by Crippen LogP contribution is -2.46. The van der Waals surface area contributed by atoms with Crippen molar-refractivity contribution < 1.29 is 24.0 Å². The molecule has 0 aliphatic rings. The van der Waals surface area contributed by atoms with Crippen LogP contribution in [-0.2, 0) is 16.1 Å². The van der Waals surface area contributed by atoms with E-state index in [1.165, 1.54) is 6.92 Å². The Hall–Kier alpha value is -1.63. The van der Waals surface area contributed by atoms with Crippen LogP contribution in [0.3, 0.4) is 0 Å². The molecular weight excluding hydrogens is 262 g/mol. The van der Waals surface area contributed by atoms with Crippen molar-refractivity contribution in [2.24, 2.45) is 0 Å². The minimum Gasteiger partial charge on any atom is -0.632 e. The van der Waals surface area contributed by atoms with Gasteiger partial charge < -0.3 is 24.4 Å². The molecule has 112 valence electrons. The number of carbonyl (C=O) groups excluding carboxylic acids is 1. The number of hydrogen-bond donors (Lipinski definition) is 1. The highest BCUT2D eigenvalue weighted by Gasteiger charge is 2.18. The number of hydrogen-bond acceptors (Lipinski definition) is 5. The van der Waals surface area contributed by atoms with Gasteiger partial charge in [-0.2, -0.15) is 0 Å². The molecule has 1 unspecified atom stereocenters. The Morgan fingerprint density at radius 3 is 2.75 bits per heavy atom. The molecule has 1 rings (SSSR count). The SMILES string of the molecule is COc1cccc(C[N+]([O-])(CCO)CCOC(C)=O)c1. The van der Waals surface area contributed by atoms with Crippen molar-refractivity contribution in [3.05, 3.63) is 35.0 Å². The molecule has 0 aliphatic carbocycles. The molecule has 1 aromatic carbocycles. The van der Waals surface area contributed by atoms with Crippen molar-refractivity contribution in [3.63, 3.8) is 0 Å². The van der Waals surface area contributed by atoms with Crippen LogP contribution in [0.4, 0.5) is 0 Å². The molecule has 1 aromatic rings. The highest BCUT2D eigenvalue weighted by Crippen LogP contribution is 2.18. The summed E-state index contributed by atoms with van der Waals surface area (Å²) in [7, 11) is 1.56. The molecule has 1 N–H and O–H groups in total. The monoisotopic (exact) mass is 283 g/mol. The summed E-state index contributed by atoms with van der Waals surface area (Å²) in [5.41, 5.74) is 0.815. The van der Waals surface area contributed by atoms with Gasteiger partial charge in [0.1, 0.15) is 32.0 Å². The molecule has 0 spiro atoms. The van der Waals surface area contributed by atoms with Gasteiger partial charge in [0.2, 0.25) is 0 Å². The van der Waals surface area contributed by atoms with E-state index in [0.717, 1.165) is 5.56 Å². The number of aliphatic hydroxyl groups is 1. The molecule has 6 nitrogen and oxygen atoms in total. The van der Waals surface area contributed by atoms with Crippen LogP contribution < -0.4 is 4.74 Å². The summed E-state index contributed by atoms with van der Waals surface area (Å²) >= 11 is 0. The Morgan fingerprint density at radius 1 is 1.40 bits per heavy atom. The summed E-state index contributed by atoms with van der Waals surface area (Å²) in [6, 6.07) is 7.22. The van der Waals surface area contributed by atoms with E-state index in [2.05, 4.69) is 0 Å². The molecule has 0 aliphatic heterocycles. The zero-order chi connectivity index (χ0) is 15.0. The molecule has 0 heterocycles. The topological polar surface area (TPSA) is 78.8 Å². The third-order valence-corrected chi connectivity index (χ3v) is 2.92. The Morgan fingerprint density at radius 2 is 2.15 bits per heavy atom. The molecule has 20 heavy (non-hydrogen) atoms. The van der Waals surface area contributed by atoms with Gasteiger partial charge in [0.15, 0.2) is 0 Å². The molecule has 0 saturated carbocycles. The molecule has 0 aromatic heterocycles.